The zero-order valence-electron chi connectivity index (χ0n) is 16.3. The molecule has 0 rings (SSSR count). The molecule has 1 N–H and O–H groups in total. The SMILES string of the molecule is C=C(C)CO[C@@H](C)C(OC(=O)[C@H](C)NC(=O)OC(C)(C)C)C(C)C. The van der Waals surface area contributed by atoms with E-state index in [9.17, 15) is 9.59 Å². The van der Waals surface area contributed by atoms with Gasteiger partial charge in [-0.05, 0) is 47.5 Å². The summed E-state index contributed by atoms with van der Waals surface area (Å²) in [5.41, 5.74) is 0.273. The lowest BCUT2D eigenvalue weighted by atomic mass is 10.0. The summed E-state index contributed by atoms with van der Waals surface area (Å²) in [5.74, 6) is -0.451. The minimum absolute atomic E-state index is 0.0720. The lowest BCUT2D eigenvalue weighted by Gasteiger charge is -2.29. The van der Waals surface area contributed by atoms with Crippen molar-refractivity contribution in [3.8, 4) is 0 Å². The molecule has 3 atom stereocenters. The first-order chi connectivity index (χ1) is 10.8. The monoisotopic (exact) mass is 343 g/mol. The van der Waals surface area contributed by atoms with Gasteiger partial charge in [0.2, 0.25) is 0 Å². The van der Waals surface area contributed by atoms with Crippen LogP contribution in [0.3, 0.4) is 0 Å². The first kappa shape index (κ1) is 22.4. The quantitative estimate of drug-likeness (QED) is 0.540. The number of hydrogen-bond acceptors (Lipinski definition) is 5. The molecule has 0 fully saturated rings. The molecule has 0 aliphatic carbocycles. The number of rotatable bonds is 8. The Morgan fingerprint density at radius 2 is 1.67 bits per heavy atom. The van der Waals surface area contributed by atoms with Crippen LogP contribution in [-0.4, -0.2) is 42.5 Å². The van der Waals surface area contributed by atoms with Gasteiger partial charge in [0, 0.05) is 0 Å². The van der Waals surface area contributed by atoms with Gasteiger partial charge in [0.15, 0.2) is 0 Å². The number of alkyl carbamates (subject to hydrolysis) is 1. The van der Waals surface area contributed by atoms with Gasteiger partial charge < -0.3 is 19.5 Å². The molecule has 24 heavy (non-hydrogen) atoms. The maximum absolute atomic E-state index is 12.2. The fourth-order valence-corrected chi connectivity index (χ4v) is 1.92. The van der Waals surface area contributed by atoms with E-state index in [0.29, 0.717) is 6.61 Å². The van der Waals surface area contributed by atoms with E-state index in [-0.39, 0.29) is 12.0 Å². The molecule has 0 spiro atoms. The molecule has 0 aromatic rings. The third-order valence-corrected chi connectivity index (χ3v) is 3.05. The van der Waals surface area contributed by atoms with Gasteiger partial charge in [-0.3, -0.25) is 0 Å². The highest BCUT2D eigenvalue weighted by Gasteiger charge is 2.29. The van der Waals surface area contributed by atoms with Gasteiger partial charge in [-0.1, -0.05) is 26.0 Å². The lowest BCUT2D eigenvalue weighted by molar-refractivity contribution is -0.162. The van der Waals surface area contributed by atoms with Gasteiger partial charge >= 0.3 is 12.1 Å². The summed E-state index contributed by atoms with van der Waals surface area (Å²) in [6.45, 7) is 18.6. The van der Waals surface area contributed by atoms with E-state index in [1.807, 2.05) is 27.7 Å². The van der Waals surface area contributed by atoms with Crippen LogP contribution in [0.2, 0.25) is 0 Å². The molecule has 1 unspecified atom stereocenters. The summed E-state index contributed by atoms with van der Waals surface area (Å²) in [7, 11) is 0. The first-order valence-corrected chi connectivity index (χ1v) is 8.29. The zero-order valence-corrected chi connectivity index (χ0v) is 16.3. The number of hydrogen-bond donors (Lipinski definition) is 1. The van der Waals surface area contributed by atoms with Crippen LogP contribution in [0.4, 0.5) is 4.79 Å². The van der Waals surface area contributed by atoms with Gasteiger partial charge in [0.1, 0.15) is 17.7 Å². The second-order valence-electron chi connectivity index (χ2n) is 7.49. The molecule has 0 saturated carbocycles. The highest BCUT2D eigenvalue weighted by Crippen LogP contribution is 2.16. The van der Waals surface area contributed by atoms with Crippen LogP contribution in [0.25, 0.3) is 0 Å². The molecular formula is C18H33NO5. The minimum Gasteiger partial charge on any atom is -0.458 e. The molecule has 6 heteroatoms. The van der Waals surface area contributed by atoms with E-state index in [4.69, 9.17) is 14.2 Å². The third kappa shape index (κ3) is 9.55. The maximum atomic E-state index is 12.2. The number of ether oxygens (including phenoxy) is 3. The Morgan fingerprint density at radius 1 is 1.12 bits per heavy atom. The third-order valence-electron chi connectivity index (χ3n) is 3.05. The fraction of sp³-hybridized carbons (Fsp3) is 0.778. The summed E-state index contributed by atoms with van der Waals surface area (Å²) >= 11 is 0. The van der Waals surface area contributed by atoms with Gasteiger partial charge in [-0.2, -0.15) is 0 Å². The molecular weight excluding hydrogens is 310 g/mol. The number of esters is 1. The number of carbonyl (C=O) groups excluding carboxylic acids is 2. The Labute approximate surface area is 145 Å². The van der Waals surface area contributed by atoms with Gasteiger partial charge in [0.25, 0.3) is 0 Å². The number of nitrogens with one attached hydrogen (secondary N) is 1. The summed E-state index contributed by atoms with van der Waals surface area (Å²) in [6, 6.07) is -0.811. The van der Waals surface area contributed by atoms with Crippen LogP contribution >= 0.6 is 0 Å². The average molecular weight is 343 g/mol. The normalized spacial score (nSPS) is 15.4. The molecule has 1 amide bonds. The number of carbonyl (C=O) groups is 2. The highest BCUT2D eigenvalue weighted by atomic mass is 16.6. The molecule has 0 aliphatic rings. The van der Waals surface area contributed by atoms with Crippen LogP contribution in [-0.2, 0) is 19.0 Å². The van der Waals surface area contributed by atoms with Gasteiger partial charge in [-0.25, -0.2) is 9.59 Å². The number of amides is 1. The van der Waals surface area contributed by atoms with Crippen molar-refractivity contribution in [3.05, 3.63) is 12.2 Å². The average Bonchev–Trinajstić information content (AvgIpc) is 2.38. The Balaban J connectivity index is 4.65. The molecule has 0 radical (unpaired) electrons. The molecule has 0 aliphatic heterocycles. The van der Waals surface area contributed by atoms with E-state index < -0.39 is 29.8 Å². The maximum Gasteiger partial charge on any atom is 0.408 e. The second-order valence-corrected chi connectivity index (χ2v) is 7.49. The molecule has 0 saturated heterocycles. The Morgan fingerprint density at radius 3 is 2.08 bits per heavy atom. The van der Waals surface area contributed by atoms with Crippen molar-refractivity contribution in [1.82, 2.24) is 5.32 Å². The Hall–Kier alpha value is -1.56. The van der Waals surface area contributed by atoms with Crippen LogP contribution in [0, 0.1) is 5.92 Å². The lowest BCUT2D eigenvalue weighted by Crippen LogP contribution is -2.45. The Kier molecular flexibility index (Phi) is 9.04. The minimum atomic E-state index is -0.811. The predicted octanol–water partition coefficient (Wildman–Crippen LogP) is 3.45. The van der Waals surface area contributed by atoms with Crippen LogP contribution in [0.5, 0.6) is 0 Å². The molecule has 0 aromatic heterocycles. The van der Waals surface area contributed by atoms with Crippen molar-refractivity contribution in [2.75, 3.05) is 6.61 Å². The molecule has 0 bridgehead atoms. The molecule has 6 nitrogen and oxygen atoms in total. The van der Waals surface area contributed by atoms with E-state index >= 15 is 0 Å². The van der Waals surface area contributed by atoms with E-state index in [0.717, 1.165) is 5.57 Å². The van der Waals surface area contributed by atoms with Crippen molar-refractivity contribution < 1.29 is 23.8 Å². The van der Waals surface area contributed by atoms with E-state index in [1.165, 1.54) is 0 Å². The van der Waals surface area contributed by atoms with Crippen molar-refractivity contribution >= 4 is 12.1 Å². The predicted molar refractivity (Wildman–Crippen MR) is 93.8 cm³/mol. The van der Waals surface area contributed by atoms with Gasteiger partial charge in [0.05, 0.1) is 12.7 Å². The van der Waals surface area contributed by atoms with Crippen molar-refractivity contribution in [2.45, 2.75) is 79.2 Å². The smallest absolute Gasteiger partial charge is 0.408 e. The fourth-order valence-electron chi connectivity index (χ4n) is 1.92. The second kappa shape index (κ2) is 9.67. The van der Waals surface area contributed by atoms with Crippen molar-refractivity contribution in [1.29, 1.82) is 0 Å². The largest absolute Gasteiger partial charge is 0.458 e. The topological polar surface area (TPSA) is 73.9 Å². The van der Waals surface area contributed by atoms with Crippen LogP contribution < -0.4 is 5.32 Å². The molecule has 0 heterocycles. The van der Waals surface area contributed by atoms with Crippen LogP contribution in [0.15, 0.2) is 12.2 Å². The zero-order chi connectivity index (χ0) is 19.1. The van der Waals surface area contributed by atoms with Gasteiger partial charge in [-0.15, -0.1) is 0 Å². The molecule has 0 aromatic carbocycles. The Bertz CT molecular complexity index is 439. The van der Waals surface area contributed by atoms with Crippen molar-refractivity contribution in [3.63, 3.8) is 0 Å². The first-order valence-electron chi connectivity index (χ1n) is 8.29. The van der Waals surface area contributed by atoms with E-state index in [1.54, 1.807) is 27.7 Å². The van der Waals surface area contributed by atoms with E-state index in [2.05, 4.69) is 11.9 Å². The molecule has 140 valence electrons. The summed E-state index contributed by atoms with van der Waals surface area (Å²) in [4.78, 5) is 24.0. The summed E-state index contributed by atoms with van der Waals surface area (Å²) in [6.07, 6.45) is -1.35. The summed E-state index contributed by atoms with van der Waals surface area (Å²) < 4.78 is 16.3. The van der Waals surface area contributed by atoms with Crippen LogP contribution in [0.1, 0.15) is 55.4 Å². The summed E-state index contributed by atoms with van der Waals surface area (Å²) in [5, 5.41) is 2.48. The standard InChI is InChI=1S/C18H33NO5/c1-11(2)10-22-14(6)15(12(3)4)23-16(20)13(5)19-17(21)24-18(7,8)9/h12-15H,1,10H2,2-9H3,(H,19,21)/t13-,14-,15?/m0/s1. The highest BCUT2D eigenvalue weighted by molar-refractivity contribution is 5.81. The van der Waals surface area contributed by atoms with Crippen molar-refractivity contribution in [2.24, 2.45) is 5.92 Å².